The van der Waals surface area contributed by atoms with Crippen molar-refractivity contribution in [2.75, 3.05) is 34.8 Å². The Hall–Kier alpha value is -4.28. The van der Waals surface area contributed by atoms with Gasteiger partial charge in [0, 0.05) is 25.7 Å². The van der Waals surface area contributed by atoms with Crippen LogP contribution in [0.4, 0.5) is 43.3 Å². The third kappa shape index (κ3) is 8.36. The van der Waals surface area contributed by atoms with Crippen LogP contribution in [-0.2, 0) is 9.53 Å². The first kappa shape index (κ1) is 34.1. The third-order valence-corrected chi connectivity index (χ3v) is 8.52. The number of aromatic amines is 1. The van der Waals surface area contributed by atoms with Crippen molar-refractivity contribution in [3.05, 3.63) is 41.7 Å². The molecule has 1 aliphatic heterocycles. The summed E-state index contributed by atoms with van der Waals surface area (Å²) in [5, 5.41) is 11.4. The average molecular weight is 684 g/mol. The maximum absolute atomic E-state index is 14.8. The van der Waals surface area contributed by atoms with Crippen molar-refractivity contribution in [3.8, 4) is 10.6 Å². The van der Waals surface area contributed by atoms with Crippen LogP contribution >= 0.6 is 11.3 Å². The molecule has 1 atom stereocenters. The van der Waals surface area contributed by atoms with Crippen molar-refractivity contribution in [1.29, 1.82) is 0 Å². The quantitative estimate of drug-likeness (QED) is 0.239. The zero-order valence-corrected chi connectivity index (χ0v) is 26.7. The van der Waals surface area contributed by atoms with Crippen molar-refractivity contribution in [2.45, 2.75) is 70.7 Å². The number of aromatic nitrogens is 3. The van der Waals surface area contributed by atoms with Crippen LogP contribution in [-0.4, -0.2) is 70.5 Å². The first-order valence-corrected chi connectivity index (χ1v) is 15.9. The number of amides is 3. The van der Waals surface area contributed by atoms with Crippen LogP contribution in [0.25, 0.3) is 10.6 Å². The standard InChI is InChI=1S/C30H34F5N7O4S/c1-29(2,3)46-28(45)39-25-22(38-24(47-25)21-18(31)7-4-8-19(21)32)26(43)42(15-16-9-10-16)20-14-36-40-23(20)41-12-5-6-17(11-13-41)37-27(44)30(33,34)35/h4,7-8,14,16-17H,5-6,9-13,15H2,1-3H3,(H,36,40)(H,37,44)(H,39,45). The number of thiazole rings is 1. The van der Waals surface area contributed by atoms with Gasteiger partial charge in [-0.15, -0.1) is 0 Å². The molecule has 3 aromatic rings. The number of halogens is 5. The molecule has 0 bridgehead atoms. The first-order valence-electron chi connectivity index (χ1n) is 15.0. The fourth-order valence-corrected chi connectivity index (χ4v) is 6.16. The highest BCUT2D eigenvalue weighted by molar-refractivity contribution is 7.19. The van der Waals surface area contributed by atoms with Crippen molar-refractivity contribution < 1.29 is 41.1 Å². The molecule has 47 heavy (non-hydrogen) atoms. The van der Waals surface area contributed by atoms with E-state index in [1.54, 1.807) is 20.8 Å². The highest BCUT2D eigenvalue weighted by atomic mass is 32.1. The topological polar surface area (TPSA) is 133 Å². The number of nitrogens with zero attached hydrogens (tertiary/aromatic N) is 4. The molecule has 0 radical (unpaired) electrons. The number of carbonyl (C=O) groups excluding carboxylic acids is 3. The van der Waals surface area contributed by atoms with E-state index in [1.165, 1.54) is 17.2 Å². The zero-order valence-electron chi connectivity index (χ0n) is 25.8. The van der Waals surface area contributed by atoms with Crippen molar-refractivity contribution >= 4 is 45.8 Å². The van der Waals surface area contributed by atoms with Gasteiger partial charge in [-0.2, -0.15) is 18.3 Å². The molecule has 3 heterocycles. The molecule has 2 aliphatic rings. The highest BCUT2D eigenvalue weighted by Gasteiger charge is 2.40. The summed E-state index contributed by atoms with van der Waals surface area (Å²) in [4.78, 5) is 46.2. The molecule has 1 unspecified atom stereocenters. The highest BCUT2D eigenvalue weighted by Crippen LogP contribution is 2.40. The van der Waals surface area contributed by atoms with Crippen molar-refractivity contribution in [3.63, 3.8) is 0 Å². The summed E-state index contributed by atoms with van der Waals surface area (Å²) in [6.45, 7) is 5.85. The van der Waals surface area contributed by atoms with Gasteiger partial charge in [0.2, 0.25) is 0 Å². The van der Waals surface area contributed by atoms with Gasteiger partial charge in [0.05, 0.1) is 11.8 Å². The normalized spacial score (nSPS) is 17.2. The minimum absolute atomic E-state index is 0.0780. The van der Waals surface area contributed by atoms with E-state index in [9.17, 15) is 36.3 Å². The number of hydrogen-bond donors (Lipinski definition) is 3. The van der Waals surface area contributed by atoms with Gasteiger partial charge in [0.25, 0.3) is 5.91 Å². The van der Waals surface area contributed by atoms with Crippen LogP contribution in [0.3, 0.4) is 0 Å². The molecule has 0 spiro atoms. The molecule has 11 nitrogen and oxygen atoms in total. The Balaban J connectivity index is 1.46. The molecule has 3 N–H and O–H groups in total. The molecular formula is C30H34F5N7O4S. The van der Waals surface area contributed by atoms with E-state index in [4.69, 9.17) is 4.74 Å². The number of H-pyrrole nitrogens is 1. The number of alkyl halides is 3. The monoisotopic (exact) mass is 683 g/mol. The lowest BCUT2D eigenvalue weighted by atomic mass is 10.1. The lowest BCUT2D eigenvalue weighted by Crippen LogP contribution is -2.43. The summed E-state index contributed by atoms with van der Waals surface area (Å²) in [6, 6.07) is 2.61. The van der Waals surface area contributed by atoms with E-state index < -0.39 is 52.9 Å². The van der Waals surface area contributed by atoms with Gasteiger partial charge < -0.3 is 19.9 Å². The second-order valence-electron chi connectivity index (χ2n) is 12.5. The molecule has 1 saturated heterocycles. The second kappa shape index (κ2) is 13.4. The Labute approximate surface area is 270 Å². The van der Waals surface area contributed by atoms with Crippen LogP contribution in [0.1, 0.15) is 63.4 Å². The predicted molar refractivity (Wildman–Crippen MR) is 164 cm³/mol. The van der Waals surface area contributed by atoms with Gasteiger partial charge in [-0.1, -0.05) is 17.4 Å². The molecule has 2 aromatic heterocycles. The number of anilines is 3. The van der Waals surface area contributed by atoms with Crippen LogP contribution in [0.15, 0.2) is 24.4 Å². The smallest absolute Gasteiger partial charge is 0.444 e. The van der Waals surface area contributed by atoms with E-state index in [0.717, 1.165) is 25.0 Å². The van der Waals surface area contributed by atoms with Crippen molar-refractivity contribution in [2.24, 2.45) is 5.92 Å². The van der Waals surface area contributed by atoms with Crippen LogP contribution in [0.5, 0.6) is 0 Å². The van der Waals surface area contributed by atoms with Crippen LogP contribution < -0.4 is 20.4 Å². The molecule has 1 saturated carbocycles. The fraction of sp³-hybridized carbons (Fsp3) is 0.500. The predicted octanol–water partition coefficient (Wildman–Crippen LogP) is 6.25. The molecule has 254 valence electrons. The maximum atomic E-state index is 14.8. The Kier molecular flexibility index (Phi) is 9.75. The van der Waals surface area contributed by atoms with Crippen LogP contribution in [0, 0.1) is 17.6 Å². The van der Waals surface area contributed by atoms with Crippen LogP contribution in [0.2, 0.25) is 0 Å². The summed E-state index contributed by atoms with van der Waals surface area (Å²) >= 11 is 0.715. The molecule has 1 aromatic carbocycles. The fourth-order valence-electron chi connectivity index (χ4n) is 5.17. The third-order valence-electron chi connectivity index (χ3n) is 7.53. The summed E-state index contributed by atoms with van der Waals surface area (Å²) < 4.78 is 73.5. The Morgan fingerprint density at radius 2 is 1.79 bits per heavy atom. The van der Waals surface area contributed by atoms with E-state index in [-0.39, 0.29) is 41.1 Å². The largest absolute Gasteiger partial charge is 0.471 e. The number of ether oxygens (including phenoxy) is 1. The SMILES string of the molecule is CC(C)(C)OC(=O)Nc1sc(-c2c(F)cccc2F)nc1C(=O)N(CC1CC1)c1cn[nH]c1N1CCCC(NC(=O)C(F)(F)F)CC1. The Morgan fingerprint density at radius 3 is 2.43 bits per heavy atom. The number of hydrogen-bond acceptors (Lipinski definition) is 8. The average Bonchev–Trinajstić information content (AvgIpc) is 3.59. The van der Waals surface area contributed by atoms with Gasteiger partial charge >= 0.3 is 18.2 Å². The Morgan fingerprint density at radius 1 is 1.09 bits per heavy atom. The molecule has 2 fully saturated rings. The van der Waals surface area contributed by atoms with E-state index in [1.807, 2.05) is 10.2 Å². The van der Waals surface area contributed by atoms with E-state index in [2.05, 4.69) is 20.5 Å². The number of benzene rings is 1. The van der Waals surface area contributed by atoms with Gasteiger partial charge in [0.1, 0.15) is 38.7 Å². The molecule has 5 rings (SSSR count). The Bertz CT molecular complexity index is 1610. The van der Waals surface area contributed by atoms with Gasteiger partial charge in [-0.05, 0) is 70.9 Å². The molecule has 3 amide bonds. The molecule has 1 aliphatic carbocycles. The summed E-state index contributed by atoms with van der Waals surface area (Å²) in [6.07, 6.45) is -1.76. The minimum atomic E-state index is -4.99. The lowest BCUT2D eigenvalue weighted by Gasteiger charge is -2.27. The number of rotatable bonds is 8. The van der Waals surface area contributed by atoms with E-state index >= 15 is 0 Å². The lowest BCUT2D eigenvalue weighted by molar-refractivity contribution is -0.174. The first-order chi connectivity index (χ1) is 22.1. The molecular weight excluding hydrogens is 649 g/mol. The number of carbonyl (C=O) groups is 3. The number of nitrogens with one attached hydrogen (secondary N) is 3. The summed E-state index contributed by atoms with van der Waals surface area (Å²) in [5.41, 5.74) is -1.25. The van der Waals surface area contributed by atoms with Gasteiger partial charge in [-0.3, -0.25) is 20.0 Å². The minimum Gasteiger partial charge on any atom is -0.444 e. The van der Waals surface area contributed by atoms with Crippen molar-refractivity contribution in [1.82, 2.24) is 20.5 Å². The second-order valence-corrected chi connectivity index (χ2v) is 13.5. The van der Waals surface area contributed by atoms with Gasteiger partial charge in [0.15, 0.2) is 5.69 Å². The maximum Gasteiger partial charge on any atom is 0.471 e. The molecule has 17 heteroatoms. The van der Waals surface area contributed by atoms with Gasteiger partial charge in [-0.25, -0.2) is 18.6 Å². The summed E-state index contributed by atoms with van der Waals surface area (Å²) in [7, 11) is 0. The summed E-state index contributed by atoms with van der Waals surface area (Å²) in [5.74, 6) is -3.89. The zero-order chi connectivity index (χ0) is 34.1. The van der Waals surface area contributed by atoms with E-state index in [0.29, 0.717) is 42.2 Å².